The van der Waals surface area contributed by atoms with Crippen molar-refractivity contribution in [1.29, 1.82) is 0 Å². The van der Waals surface area contributed by atoms with E-state index >= 15 is 0 Å². The van der Waals surface area contributed by atoms with Gasteiger partial charge in [0.1, 0.15) is 5.58 Å². The van der Waals surface area contributed by atoms with Crippen molar-refractivity contribution < 1.29 is 19.1 Å². The van der Waals surface area contributed by atoms with E-state index in [9.17, 15) is 14.7 Å². The normalized spacial score (nSPS) is 15.1. The van der Waals surface area contributed by atoms with E-state index in [-0.39, 0.29) is 39.2 Å². The lowest BCUT2D eigenvalue weighted by molar-refractivity contribution is 0.0971. The Morgan fingerprint density at radius 3 is 2.53 bits per heavy atom. The van der Waals surface area contributed by atoms with Gasteiger partial charge in [-0.05, 0) is 88.9 Å². The number of anilines is 1. The van der Waals surface area contributed by atoms with Crippen molar-refractivity contribution in [3.8, 4) is 11.5 Å². The maximum absolute atomic E-state index is 13.7. The summed E-state index contributed by atoms with van der Waals surface area (Å²) in [7, 11) is 1.43. The zero-order chi connectivity index (χ0) is 24.3. The summed E-state index contributed by atoms with van der Waals surface area (Å²) >= 11 is 9.50. The molecule has 1 atom stereocenters. The number of amides is 1. The maximum atomic E-state index is 13.7. The van der Waals surface area contributed by atoms with Gasteiger partial charge in [-0.25, -0.2) is 0 Å². The fourth-order valence-electron chi connectivity index (χ4n) is 4.31. The standard InChI is InChI=1S/C26H19BrClNO5/c1-12-4-6-16(8-13(12)2)29-22(14-9-18(27)24(31)20(10-14)33-3)21-23(30)17-11-15(28)5-7-19(17)34-25(21)26(29)32/h4-11,22,31H,1-3H3. The number of benzene rings is 3. The Hall–Kier alpha value is -3.29. The molecule has 0 spiro atoms. The number of nitrogens with zero attached hydrogens (tertiary/aromatic N) is 1. The Morgan fingerprint density at radius 2 is 1.82 bits per heavy atom. The molecule has 1 aliphatic rings. The first-order valence-corrected chi connectivity index (χ1v) is 11.6. The lowest BCUT2D eigenvalue weighted by Crippen LogP contribution is -2.29. The number of carbonyl (C=O) groups is 1. The number of phenols is 1. The molecule has 0 fully saturated rings. The molecular formula is C26H19BrClNO5. The van der Waals surface area contributed by atoms with Gasteiger partial charge in [-0.15, -0.1) is 0 Å². The number of methoxy groups -OCH3 is 1. The van der Waals surface area contributed by atoms with E-state index in [1.54, 1.807) is 29.2 Å². The molecule has 3 aromatic carbocycles. The van der Waals surface area contributed by atoms with Crippen molar-refractivity contribution in [3.63, 3.8) is 0 Å². The van der Waals surface area contributed by atoms with E-state index in [1.807, 2.05) is 32.0 Å². The van der Waals surface area contributed by atoms with Crippen LogP contribution in [0, 0.1) is 13.8 Å². The van der Waals surface area contributed by atoms with Gasteiger partial charge in [0.05, 0.1) is 28.6 Å². The molecule has 8 heteroatoms. The minimum atomic E-state index is -0.810. The molecule has 1 N–H and O–H groups in total. The first-order valence-electron chi connectivity index (χ1n) is 10.4. The molecule has 172 valence electrons. The Kier molecular flexibility index (Phi) is 5.41. The third-order valence-electron chi connectivity index (χ3n) is 6.19. The fourth-order valence-corrected chi connectivity index (χ4v) is 4.94. The van der Waals surface area contributed by atoms with Crippen LogP contribution in [-0.2, 0) is 0 Å². The van der Waals surface area contributed by atoms with Gasteiger partial charge in [0.2, 0.25) is 5.76 Å². The van der Waals surface area contributed by atoms with Gasteiger partial charge in [0.25, 0.3) is 5.91 Å². The van der Waals surface area contributed by atoms with Crippen LogP contribution in [0.2, 0.25) is 5.02 Å². The second-order valence-electron chi connectivity index (χ2n) is 8.21. The van der Waals surface area contributed by atoms with Crippen LogP contribution in [0.4, 0.5) is 5.69 Å². The summed E-state index contributed by atoms with van der Waals surface area (Å²) in [5.74, 6) is -0.323. The van der Waals surface area contributed by atoms with E-state index in [0.717, 1.165) is 11.1 Å². The van der Waals surface area contributed by atoms with Crippen LogP contribution in [0.25, 0.3) is 11.0 Å². The molecule has 0 aliphatic carbocycles. The number of aryl methyl sites for hydroxylation is 2. The SMILES string of the molecule is COc1cc(C2c3c(oc4ccc(Cl)cc4c3=O)C(=O)N2c2ccc(C)c(C)c2)cc(Br)c1O. The predicted octanol–water partition coefficient (Wildman–Crippen LogP) is 6.29. The summed E-state index contributed by atoms with van der Waals surface area (Å²) in [6.45, 7) is 3.95. The van der Waals surface area contributed by atoms with E-state index in [2.05, 4.69) is 15.9 Å². The topological polar surface area (TPSA) is 80.0 Å². The quantitative estimate of drug-likeness (QED) is 0.330. The Bertz CT molecular complexity index is 1560. The van der Waals surface area contributed by atoms with Gasteiger partial charge in [0, 0.05) is 10.7 Å². The van der Waals surface area contributed by atoms with E-state index in [4.69, 9.17) is 20.8 Å². The molecule has 0 saturated carbocycles. The summed E-state index contributed by atoms with van der Waals surface area (Å²) in [6.07, 6.45) is 0. The van der Waals surface area contributed by atoms with Gasteiger partial charge >= 0.3 is 0 Å². The van der Waals surface area contributed by atoms with Crippen LogP contribution in [-0.4, -0.2) is 18.1 Å². The fraction of sp³-hybridized carbons (Fsp3) is 0.154. The highest BCUT2D eigenvalue weighted by molar-refractivity contribution is 9.10. The predicted molar refractivity (Wildman–Crippen MR) is 134 cm³/mol. The molecule has 4 aromatic rings. The zero-order valence-electron chi connectivity index (χ0n) is 18.5. The van der Waals surface area contributed by atoms with Gasteiger partial charge < -0.3 is 14.3 Å². The average Bonchev–Trinajstić information content (AvgIpc) is 3.10. The second kappa shape index (κ2) is 8.18. The monoisotopic (exact) mass is 539 g/mol. The number of hydrogen-bond donors (Lipinski definition) is 1. The third kappa shape index (κ3) is 3.38. The van der Waals surface area contributed by atoms with Crippen molar-refractivity contribution >= 4 is 50.1 Å². The number of carbonyl (C=O) groups excluding carboxylic acids is 1. The largest absolute Gasteiger partial charge is 0.503 e. The summed E-state index contributed by atoms with van der Waals surface area (Å²) in [4.78, 5) is 29.0. The molecule has 5 rings (SSSR count). The van der Waals surface area contributed by atoms with E-state index in [0.29, 0.717) is 20.7 Å². The van der Waals surface area contributed by atoms with E-state index < -0.39 is 11.9 Å². The molecule has 1 aromatic heterocycles. The zero-order valence-corrected chi connectivity index (χ0v) is 20.8. The maximum Gasteiger partial charge on any atom is 0.295 e. The molecule has 0 saturated heterocycles. The smallest absolute Gasteiger partial charge is 0.295 e. The minimum Gasteiger partial charge on any atom is -0.503 e. The summed E-state index contributed by atoms with van der Waals surface area (Å²) in [5, 5.41) is 11.0. The number of halogens is 2. The third-order valence-corrected chi connectivity index (χ3v) is 7.03. The summed E-state index contributed by atoms with van der Waals surface area (Å²) in [5.41, 5.74) is 3.42. The van der Waals surface area contributed by atoms with Crippen LogP contribution in [0.5, 0.6) is 11.5 Å². The van der Waals surface area contributed by atoms with Gasteiger partial charge in [-0.3, -0.25) is 14.5 Å². The number of fused-ring (bicyclic) bond motifs is 2. The van der Waals surface area contributed by atoms with Crippen molar-refractivity contribution in [2.45, 2.75) is 19.9 Å². The number of hydrogen-bond acceptors (Lipinski definition) is 5. The lowest BCUT2D eigenvalue weighted by atomic mass is 9.97. The molecule has 6 nitrogen and oxygen atoms in total. The first kappa shape index (κ1) is 22.5. The molecule has 1 aliphatic heterocycles. The van der Waals surface area contributed by atoms with E-state index in [1.165, 1.54) is 13.2 Å². The Labute approximate surface area is 208 Å². The van der Waals surface area contributed by atoms with Gasteiger partial charge in [-0.1, -0.05) is 17.7 Å². The molecule has 1 unspecified atom stereocenters. The van der Waals surface area contributed by atoms with Crippen LogP contribution in [0.3, 0.4) is 0 Å². The van der Waals surface area contributed by atoms with Gasteiger partial charge in [-0.2, -0.15) is 0 Å². The van der Waals surface area contributed by atoms with Crippen LogP contribution < -0.4 is 15.1 Å². The van der Waals surface area contributed by atoms with Crippen LogP contribution in [0.1, 0.15) is 38.9 Å². The molecule has 2 heterocycles. The molecule has 0 radical (unpaired) electrons. The van der Waals surface area contributed by atoms with Crippen molar-refractivity contribution in [3.05, 3.63) is 96.3 Å². The first-order chi connectivity index (χ1) is 16.2. The number of rotatable bonds is 3. The van der Waals surface area contributed by atoms with Crippen LogP contribution >= 0.6 is 27.5 Å². The second-order valence-corrected chi connectivity index (χ2v) is 9.51. The molecule has 0 bridgehead atoms. The number of phenolic OH excluding ortho intramolecular Hbond substituents is 1. The molecule has 34 heavy (non-hydrogen) atoms. The summed E-state index contributed by atoms with van der Waals surface area (Å²) in [6, 6.07) is 12.9. The highest BCUT2D eigenvalue weighted by atomic mass is 79.9. The lowest BCUT2D eigenvalue weighted by Gasteiger charge is -2.26. The number of ether oxygens (including phenoxy) is 1. The molecular weight excluding hydrogens is 522 g/mol. The Balaban J connectivity index is 1.85. The average molecular weight is 541 g/mol. The van der Waals surface area contributed by atoms with Crippen molar-refractivity contribution in [2.75, 3.05) is 12.0 Å². The molecule has 1 amide bonds. The van der Waals surface area contributed by atoms with Crippen LogP contribution in [0.15, 0.2) is 62.2 Å². The minimum absolute atomic E-state index is 0.0220. The highest BCUT2D eigenvalue weighted by Gasteiger charge is 2.44. The van der Waals surface area contributed by atoms with Crippen molar-refractivity contribution in [1.82, 2.24) is 0 Å². The highest BCUT2D eigenvalue weighted by Crippen LogP contribution is 2.45. The van der Waals surface area contributed by atoms with Gasteiger partial charge in [0.15, 0.2) is 16.9 Å². The van der Waals surface area contributed by atoms with Crippen molar-refractivity contribution in [2.24, 2.45) is 0 Å². The number of aromatic hydroxyl groups is 1. The Morgan fingerprint density at radius 1 is 1.06 bits per heavy atom. The summed E-state index contributed by atoms with van der Waals surface area (Å²) < 4.78 is 11.7.